The molecule has 0 atom stereocenters. The molecule has 3 aromatic rings. The van der Waals surface area contributed by atoms with Crippen molar-refractivity contribution in [1.82, 2.24) is 9.97 Å². The molecule has 8 heteroatoms. The Morgan fingerprint density at radius 3 is 2.58 bits per heavy atom. The molecule has 3 N–H and O–H groups in total. The lowest BCUT2D eigenvalue weighted by molar-refractivity contribution is -0.117. The number of H-pyrrole nitrogens is 1. The first-order chi connectivity index (χ1) is 15.9. The van der Waals surface area contributed by atoms with Gasteiger partial charge in [-0.2, -0.15) is 0 Å². The maximum absolute atomic E-state index is 12.9. The third kappa shape index (κ3) is 4.62. The minimum Gasteiger partial charge on any atom is -0.346 e. The zero-order valence-corrected chi connectivity index (χ0v) is 19.7. The van der Waals surface area contributed by atoms with Crippen molar-refractivity contribution in [3.05, 3.63) is 42.1 Å². The van der Waals surface area contributed by atoms with E-state index < -0.39 is 10.0 Å². The number of hydrogen-bond donors (Lipinski definition) is 3. The lowest BCUT2D eigenvalue weighted by Crippen LogP contribution is -2.29. The van der Waals surface area contributed by atoms with Gasteiger partial charge in [0.2, 0.25) is 15.9 Å². The standard InChI is InChI=1S/C25H30N4O3S/c1-2-16-14-18(29-33(31,32)19-6-4-3-5-7-19)10-11-20(16)22-15-23(28-25(30)17-8-9-17)27-24-21(22)12-13-26-24/h10-15,17,19,29H,2-9H2,1H3,(H2,26,27,28,30). The van der Waals surface area contributed by atoms with Crippen molar-refractivity contribution in [3.63, 3.8) is 0 Å². The van der Waals surface area contributed by atoms with Crippen molar-refractivity contribution in [2.24, 2.45) is 5.92 Å². The van der Waals surface area contributed by atoms with Crippen molar-refractivity contribution >= 4 is 38.5 Å². The number of carbonyl (C=O) groups is 1. The zero-order chi connectivity index (χ0) is 23.0. The number of carbonyl (C=O) groups excluding carboxylic acids is 1. The average molecular weight is 467 g/mol. The highest BCUT2D eigenvalue weighted by atomic mass is 32.2. The number of nitrogens with one attached hydrogen (secondary N) is 3. The smallest absolute Gasteiger partial charge is 0.235 e. The number of nitrogens with zero attached hydrogens (tertiary/aromatic N) is 1. The van der Waals surface area contributed by atoms with E-state index in [1.807, 2.05) is 36.5 Å². The molecule has 5 rings (SSSR count). The number of rotatable bonds is 7. The van der Waals surface area contributed by atoms with Crippen LogP contribution in [-0.4, -0.2) is 29.5 Å². The Kier molecular flexibility index (Phi) is 5.86. The van der Waals surface area contributed by atoms with Crippen LogP contribution in [-0.2, 0) is 21.2 Å². The number of aromatic amines is 1. The predicted molar refractivity (Wildman–Crippen MR) is 132 cm³/mol. The van der Waals surface area contributed by atoms with E-state index in [-0.39, 0.29) is 17.1 Å². The summed E-state index contributed by atoms with van der Waals surface area (Å²) in [5, 5.41) is 3.60. The van der Waals surface area contributed by atoms with Gasteiger partial charge >= 0.3 is 0 Å². The Morgan fingerprint density at radius 2 is 1.85 bits per heavy atom. The van der Waals surface area contributed by atoms with Crippen LogP contribution in [0, 0.1) is 5.92 Å². The van der Waals surface area contributed by atoms with Crippen LogP contribution in [0.15, 0.2) is 36.5 Å². The third-order valence-corrected chi connectivity index (χ3v) is 8.62. The van der Waals surface area contributed by atoms with Gasteiger partial charge in [-0.15, -0.1) is 0 Å². The van der Waals surface area contributed by atoms with Gasteiger partial charge in [-0.1, -0.05) is 32.3 Å². The van der Waals surface area contributed by atoms with Gasteiger partial charge in [0.1, 0.15) is 11.5 Å². The van der Waals surface area contributed by atoms with E-state index >= 15 is 0 Å². The van der Waals surface area contributed by atoms with Gasteiger partial charge in [0.25, 0.3) is 0 Å². The van der Waals surface area contributed by atoms with Crippen LogP contribution in [0.4, 0.5) is 11.5 Å². The maximum atomic E-state index is 12.9. The van der Waals surface area contributed by atoms with Crippen LogP contribution < -0.4 is 10.0 Å². The van der Waals surface area contributed by atoms with E-state index in [2.05, 4.69) is 26.9 Å². The highest BCUT2D eigenvalue weighted by Gasteiger charge is 2.30. The first-order valence-electron chi connectivity index (χ1n) is 11.9. The molecule has 0 radical (unpaired) electrons. The number of anilines is 2. The molecule has 0 bridgehead atoms. The fourth-order valence-electron chi connectivity index (χ4n) is 4.73. The molecular formula is C25H30N4O3S. The fraction of sp³-hybridized carbons (Fsp3) is 0.440. The predicted octanol–water partition coefficient (Wildman–Crippen LogP) is 5.22. The van der Waals surface area contributed by atoms with Gasteiger partial charge in [-0.3, -0.25) is 9.52 Å². The average Bonchev–Trinajstić information content (AvgIpc) is 3.57. The maximum Gasteiger partial charge on any atom is 0.235 e. The van der Waals surface area contributed by atoms with Gasteiger partial charge in [0.15, 0.2) is 0 Å². The first-order valence-corrected chi connectivity index (χ1v) is 13.4. The van der Waals surface area contributed by atoms with Gasteiger partial charge in [0, 0.05) is 23.2 Å². The molecule has 2 heterocycles. The molecule has 1 aromatic carbocycles. The van der Waals surface area contributed by atoms with E-state index in [9.17, 15) is 13.2 Å². The van der Waals surface area contributed by atoms with E-state index in [1.54, 1.807) is 0 Å². The highest BCUT2D eigenvalue weighted by molar-refractivity contribution is 7.93. The van der Waals surface area contributed by atoms with Gasteiger partial charge < -0.3 is 10.3 Å². The summed E-state index contributed by atoms with van der Waals surface area (Å²) in [5.41, 5.74) is 4.32. The number of pyridine rings is 1. The Hall–Kier alpha value is -2.87. The van der Waals surface area contributed by atoms with Gasteiger partial charge in [-0.25, -0.2) is 13.4 Å². The topological polar surface area (TPSA) is 104 Å². The number of sulfonamides is 1. The number of aryl methyl sites for hydroxylation is 1. The number of aromatic nitrogens is 2. The number of hydrogen-bond acceptors (Lipinski definition) is 4. The van der Waals surface area contributed by atoms with Crippen LogP contribution >= 0.6 is 0 Å². The van der Waals surface area contributed by atoms with E-state index in [0.717, 1.165) is 73.4 Å². The lowest BCUT2D eigenvalue weighted by atomic mass is 9.96. The van der Waals surface area contributed by atoms with Crippen molar-refractivity contribution in [2.45, 2.75) is 63.5 Å². The number of benzene rings is 1. The van der Waals surface area contributed by atoms with Crippen molar-refractivity contribution in [2.75, 3.05) is 10.0 Å². The molecule has 2 fully saturated rings. The summed E-state index contributed by atoms with van der Waals surface area (Å²) in [5.74, 6) is 0.640. The summed E-state index contributed by atoms with van der Waals surface area (Å²) in [6.45, 7) is 2.06. The minimum absolute atomic E-state index is 0.0162. The quantitative estimate of drug-likeness (QED) is 0.444. The molecule has 174 valence electrons. The van der Waals surface area contributed by atoms with Crippen LogP contribution in [0.5, 0.6) is 0 Å². The molecule has 0 spiro atoms. The Balaban J connectivity index is 1.47. The SMILES string of the molecule is CCc1cc(NS(=O)(=O)C2CCCCC2)ccc1-c1cc(NC(=O)C2CC2)nc2[nH]ccc12. The second-order valence-corrected chi connectivity index (χ2v) is 11.2. The van der Waals surface area contributed by atoms with Crippen LogP contribution in [0.25, 0.3) is 22.2 Å². The molecule has 0 unspecified atom stereocenters. The monoisotopic (exact) mass is 466 g/mol. The Morgan fingerprint density at radius 1 is 1.06 bits per heavy atom. The molecule has 33 heavy (non-hydrogen) atoms. The molecule has 0 saturated heterocycles. The summed E-state index contributed by atoms with van der Waals surface area (Å²) in [6.07, 6.45) is 8.96. The van der Waals surface area contributed by atoms with E-state index in [4.69, 9.17) is 0 Å². The molecule has 7 nitrogen and oxygen atoms in total. The number of fused-ring (bicyclic) bond motifs is 1. The first kappa shape index (κ1) is 21.9. The zero-order valence-electron chi connectivity index (χ0n) is 18.9. The van der Waals surface area contributed by atoms with Crippen LogP contribution in [0.1, 0.15) is 57.4 Å². The van der Waals surface area contributed by atoms with Gasteiger partial charge in [-0.05, 0) is 73.1 Å². The normalized spacial score (nSPS) is 17.2. The molecule has 0 aliphatic heterocycles. The number of amides is 1. The molecule has 2 saturated carbocycles. The van der Waals surface area contributed by atoms with Crippen LogP contribution in [0.3, 0.4) is 0 Å². The van der Waals surface area contributed by atoms with E-state index in [1.165, 1.54) is 0 Å². The summed E-state index contributed by atoms with van der Waals surface area (Å²) in [7, 11) is -3.40. The fourth-order valence-corrected chi connectivity index (χ4v) is 6.31. The molecule has 2 aromatic heterocycles. The summed E-state index contributed by atoms with van der Waals surface area (Å²) in [6, 6.07) is 9.61. The minimum atomic E-state index is -3.40. The summed E-state index contributed by atoms with van der Waals surface area (Å²) < 4.78 is 28.6. The van der Waals surface area contributed by atoms with Crippen LogP contribution in [0.2, 0.25) is 0 Å². The highest BCUT2D eigenvalue weighted by Crippen LogP contribution is 2.36. The second kappa shape index (κ2) is 8.82. The summed E-state index contributed by atoms with van der Waals surface area (Å²) >= 11 is 0. The second-order valence-electron chi connectivity index (χ2n) is 9.19. The summed E-state index contributed by atoms with van der Waals surface area (Å²) in [4.78, 5) is 20.0. The third-order valence-electron chi connectivity index (χ3n) is 6.76. The van der Waals surface area contributed by atoms with Crippen molar-refractivity contribution in [3.8, 4) is 11.1 Å². The van der Waals surface area contributed by atoms with E-state index in [0.29, 0.717) is 17.2 Å². The molecular weight excluding hydrogens is 436 g/mol. The molecule has 2 aliphatic carbocycles. The Bertz CT molecular complexity index is 1290. The van der Waals surface area contributed by atoms with Crippen molar-refractivity contribution < 1.29 is 13.2 Å². The lowest BCUT2D eigenvalue weighted by Gasteiger charge is -2.23. The molecule has 1 amide bonds. The van der Waals surface area contributed by atoms with Crippen molar-refractivity contribution in [1.29, 1.82) is 0 Å². The Labute approximate surface area is 194 Å². The van der Waals surface area contributed by atoms with Gasteiger partial charge in [0.05, 0.1) is 5.25 Å². The largest absolute Gasteiger partial charge is 0.346 e. The molecule has 2 aliphatic rings.